The maximum atomic E-state index is 12.1. The SMILES string of the molecule is Cc1nc(CC(=O)c2ccc(N)c(Br)c2)sc1C. The molecule has 0 bridgehead atoms. The van der Waals surface area contributed by atoms with Crippen LogP contribution in [0.1, 0.15) is 25.9 Å². The fraction of sp³-hybridized carbons (Fsp3) is 0.231. The van der Waals surface area contributed by atoms with Crippen molar-refractivity contribution >= 4 is 38.7 Å². The van der Waals surface area contributed by atoms with E-state index in [1.165, 1.54) is 0 Å². The van der Waals surface area contributed by atoms with Crippen molar-refractivity contribution in [2.75, 3.05) is 5.73 Å². The third kappa shape index (κ3) is 2.79. The predicted octanol–water partition coefficient (Wildman–Crippen LogP) is 3.53. The predicted molar refractivity (Wildman–Crippen MR) is 78.2 cm³/mol. The Kier molecular flexibility index (Phi) is 3.82. The number of ketones is 1. The molecule has 2 N–H and O–H groups in total. The van der Waals surface area contributed by atoms with Crippen LogP contribution < -0.4 is 5.73 Å². The molecule has 0 aliphatic carbocycles. The zero-order valence-electron chi connectivity index (χ0n) is 10.2. The van der Waals surface area contributed by atoms with Crippen LogP contribution in [0, 0.1) is 13.8 Å². The molecule has 94 valence electrons. The highest BCUT2D eigenvalue weighted by Crippen LogP contribution is 2.22. The van der Waals surface area contributed by atoms with Gasteiger partial charge >= 0.3 is 0 Å². The maximum Gasteiger partial charge on any atom is 0.169 e. The number of nitrogens with zero attached hydrogens (tertiary/aromatic N) is 1. The minimum Gasteiger partial charge on any atom is -0.398 e. The highest BCUT2D eigenvalue weighted by atomic mass is 79.9. The summed E-state index contributed by atoms with van der Waals surface area (Å²) in [6.45, 7) is 3.97. The van der Waals surface area contributed by atoms with Gasteiger partial charge in [0.2, 0.25) is 0 Å². The van der Waals surface area contributed by atoms with E-state index in [1.807, 2.05) is 13.8 Å². The van der Waals surface area contributed by atoms with Gasteiger partial charge in [-0.15, -0.1) is 11.3 Å². The van der Waals surface area contributed by atoms with Crippen molar-refractivity contribution in [2.24, 2.45) is 0 Å². The number of carbonyl (C=O) groups is 1. The quantitative estimate of drug-likeness (QED) is 0.694. The molecule has 0 aliphatic rings. The molecule has 0 radical (unpaired) electrons. The van der Waals surface area contributed by atoms with Crippen molar-refractivity contribution < 1.29 is 4.79 Å². The molecule has 1 heterocycles. The largest absolute Gasteiger partial charge is 0.398 e. The first-order chi connectivity index (χ1) is 8.47. The zero-order chi connectivity index (χ0) is 13.3. The molecule has 0 saturated heterocycles. The molecule has 18 heavy (non-hydrogen) atoms. The molecular formula is C13H13BrN2OS. The van der Waals surface area contributed by atoms with Crippen LogP contribution in [0.2, 0.25) is 0 Å². The van der Waals surface area contributed by atoms with Gasteiger partial charge in [-0.1, -0.05) is 0 Å². The number of Topliss-reactive ketones (excluding diaryl/α,β-unsaturated/α-hetero) is 1. The molecule has 2 aromatic rings. The fourth-order valence-electron chi connectivity index (χ4n) is 1.55. The average Bonchev–Trinajstić information content (AvgIpc) is 2.61. The summed E-state index contributed by atoms with van der Waals surface area (Å²) in [6, 6.07) is 5.23. The van der Waals surface area contributed by atoms with E-state index in [0.717, 1.165) is 20.1 Å². The Balaban J connectivity index is 2.19. The average molecular weight is 325 g/mol. The van der Waals surface area contributed by atoms with Crippen LogP contribution in [0.3, 0.4) is 0 Å². The molecule has 2 rings (SSSR count). The van der Waals surface area contributed by atoms with E-state index in [4.69, 9.17) is 5.73 Å². The molecule has 0 saturated carbocycles. The lowest BCUT2D eigenvalue weighted by Crippen LogP contribution is -2.04. The van der Waals surface area contributed by atoms with E-state index in [1.54, 1.807) is 29.5 Å². The number of carbonyl (C=O) groups excluding carboxylic acids is 1. The molecule has 5 heteroatoms. The third-order valence-electron chi connectivity index (χ3n) is 2.71. The van der Waals surface area contributed by atoms with Crippen LogP contribution in [-0.4, -0.2) is 10.8 Å². The zero-order valence-corrected chi connectivity index (χ0v) is 12.6. The summed E-state index contributed by atoms with van der Waals surface area (Å²) in [7, 11) is 0. The number of thiazole rings is 1. The Morgan fingerprint density at radius 3 is 2.72 bits per heavy atom. The summed E-state index contributed by atoms with van der Waals surface area (Å²) in [5.41, 5.74) is 7.98. The molecular weight excluding hydrogens is 312 g/mol. The van der Waals surface area contributed by atoms with Crippen molar-refractivity contribution in [2.45, 2.75) is 20.3 Å². The van der Waals surface area contributed by atoms with Crippen molar-refractivity contribution in [3.8, 4) is 0 Å². The minimum atomic E-state index is 0.0597. The summed E-state index contributed by atoms with van der Waals surface area (Å²) in [5, 5.41) is 0.864. The molecule has 0 atom stereocenters. The van der Waals surface area contributed by atoms with Crippen molar-refractivity contribution in [3.63, 3.8) is 0 Å². The summed E-state index contributed by atoms with van der Waals surface area (Å²) < 4.78 is 0.750. The van der Waals surface area contributed by atoms with Gasteiger partial charge in [0.25, 0.3) is 0 Å². The second-order valence-electron chi connectivity index (χ2n) is 4.09. The van der Waals surface area contributed by atoms with Crippen molar-refractivity contribution in [3.05, 3.63) is 43.8 Å². The maximum absolute atomic E-state index is 12.1. The molecule has 0 spiro atoms. The first-order valence-corrected chi connectivity index (χ1v) is 7.09. The summed E-state index contributed by atoms with van der Waals surface area (Å²) >= 11 is 4.90. The van der Waals surface area contributed by atoms with Crippen LogP contribution in [0.15, 0.2) is 22.7 Å². The van der Waals surface area contributed by atoms with Gasteiger partial charge in [-0.3, -0.25) is 4.79 Å². The molecule has 3 nitrogen and oxygen atoms in total. The van der Waals surface area contributed by atoms with Crippen molar-refractivity contribution in [1.29, 1.82) is 0 Å². The van der Waals surface area contributed by atoms with Crippen LogP contribution in [0.4, 0.5) is 5.69 Å². The van der Waals surface area contributed by atoms with Gasteiger partial charge in [-0.25, -0.2) is 4.98 Å². The van der Waals surface area contributed by atoms with Crippen molar-refractivity contribution in [1.82, 2.24) is 4.98 Å². The number of nitrogen functional groups attached to an aromatic ring is 1. The topological polar surface area (TPSA) is 56.0 Å². The van der Waals surface area contributed by atoms with Gasteiger partial charge in [0, 0.05) is 20.6 Å². The highest BCUT2D eigenvalue weighted by Gasteiger charge is 2.12. The van der Waals surface area contributed by atoms with E-state index in [-0.39, 0.29) is 5.78 Å². The third-order valence-corrected chi connectivity index (χ3v) is 4.47. The first kappa shape index (κ1) is 13.2. The van der Waals surface area contributed by atoms with Gasteiger partial charge < -0.3 is 5.73 Å². The molecule has 1 aromatic heterocycles. The minimum absolute atomic E-state index is 0.0597. The van der Waals surface area contributed by atoms with Gasteiger partial charge in [0.05, 0.1) is 12.1 Å². The fourth-order valence-corrected chi connectivity index (χ4v) is 2.87. The molecule has 0 fully saturated rings. The van der Waals surface area contributed by atoms with Crippen LogP contribution in [0.25, 0.3) is 0 Å². The number of hydrogen-bond acceptors (Lipinski definition) is 4. The lowest BCUT2D eigenvalue weighted by molar-refractivity contribution is 0.0993. The lowest BCUT2D eigenvalue weighted by atomic mass is 10.1. The number of benzene rings is 1. The lowest BCUT2D eigenvalue weighted by Gasteiger charge is -2.02. The first-order valence-electron chi connectivity index (χ1n) is 5.48. The Morgan fingerprint density at radius 1 is 1.44 bits per heavy atom. The van der Waals surface area contributed by atoms with E-state index >= 15 is 0 Å². The highest BCUT2D eigenvalue weighted by molar-refractivity contribution is 9.10. The van der Waals surface area contributed by atoms with Gasteiger partial charge in [0.1, 0.15) is 5.01 Å². The number of anilines is 1. The Labute approximate surface area is 118 Å². The number of hydrogen-bond donors (Lipinski definition) is 1. The molecule has 1 aromatic carbocycles. The normalized spacial score (nSPS) is 10.6. The Hall–Kier alpha value is -1.20. The molecule has 0 unspecified atom stereocenters. The Bertz CT molecular complexity index is 588. The van der Waals surface area contributed by atoms with Crippen LogP contribution in [0.5, 0.6) is 0 Å². The smallest absolute Gasteiger partial charge is 0.169 e. The van der Waals surface area contributed by atoms with E-state index < -0.39 is 0 Å². The van der Waals surface area contributed by atoms with E-state index in [2.05, 4.69) is 20.9 Å². The van der Waals surface area contributed by atoms with Crippen LogP contribution >= 0.6 is 27.3 Å². The number of halogens is 1. The number of nitrogens with two attached hydrogens (primary N) is 1. The van der Waals surface area contributed by atoms with Gasteiger partial charge in [-0.05, 0) is 48.0 Å². The number of aromatic nitrogens is 1. The Morgan fingerprint density at radius 2 is 2.17 bits per heavy atom. The second kappa shape index (κ2) is 5.20. The summed E-state index contributed by atoms with van der Waals surface area (Å²) in [4.78, 5) is 17.6. The van der Waals surface area contributed by atoms with E-state index in [0.29, 0.717) is 17.7 Å². The second-order valence-corrected chi connectivity index (χ2v) is 6.23. The number of aryl methyl sites for hydroxylation is 2. The monoisotopic (exact) mass is 324 g/mol. The summed E-state index contributed by atoms with van der Waals surface area (Å²) in [6.07, 6.45) is 0.343. The van der Waals surface area contributed by atoms with Gasteiger partial charge in [0.15, 0.2) is 5.78 Å². The molecule has 0 amide bonds. The number of rotatable bonds is 3. The van der Waals surface area contributed by atoms with Crippen LogP contribution in [-0.2, 0) is 6.42 Å². The van der Waals surface area contributed by atoms with E-state index in [9.17, 15) is 4.79 Å². The molecule has 0 aliphatic heterocycles. The summed E-state index contributed by atoms with van der Waals surface area (Å²) in [5.74, 6) is 0.0597. The standard InChI is InChI=1S/C13H13BrN2OS/c1-7-8(2)18-13(16-7)6-12(17)9-3-4-11(15)10(14)5-9/h3-5H,6,15H2,1-2H3. The van der Waals surface area contributed by atoms with Gasteiger partial charge in [-0.2, -0.15) is 0 Å².